The summed E-state index contributed by atoms with van der Waals surface area (Å²) in [5.41, 5.74) is 0.393. The number of rotatable bonds is 5. The summed E-state index contributed by atoms with van der Waals surface area (Å²) in [5.74, 6) is -1.35. The third-order valence-corrected chi connectivity index (χ3v) is 4.79. The van der Waals surface area contributed by atoms with Crippen molar-refractivity contribution < 1.29 is 27.7 Å². The second-order valence-electron chi connectivity index (χ2n) is 5.72. The van der Waals surface area contributed by atoms with Gasteiger partial charge >= 0.3 is 5.97 Å². The molecule has 0 atom stereocenters. The Kier molecular flexibility index (Phi) is 5.60. The predicted molar refractivity (Wildman–Crippen MR) is 96.7 cm³/mol. The van der Waals surface area contributed by atoms with E-state index < -0.39 is 32.3 Å². The highest BCUT2D eigenvalue weighted by Gasteiger charge is 2.20. The number of hydrogen-bond acceptors (Lipinski definition) is 7. The van der Waals surface area contributed by atoms with Gasteiger partial charge in [-0.25, -0.2) is 13.2 Å². The number of nitro benzene ring substituents is 1. The molecule has 0 heterocycles. The molecule has 0 aliphatic carbocycles. The monoisotopic (exact) mass is 392 g/mol. The van der Waals surface area contributed by atoms with Gasteiger partial charge < -0.3 is 10.1 Å². The minimum absolute atomic E-state index is 0.201. The number of sulfone groups is 1. The van der Waals surface area contributed by atoms with Gasteiger partial charge in [0, 0.05) is 29.6 Å². The third kappa shape index (κ3) is 4.67. The van der Waals surface area contributed by atoms with E-state index in [1.807, 2.05) is 0 Å². The summed E-state index contributed by atoms with van der Waals surface area (Å²) in [4.78, 5) is 34.1. The first-order chi connectivity index (χ1) is 12.5. The van der Waals surface area contributed by atoms with E-state index in [0.717, 1.165) is 24.5 Å². The summed E-state index contributed by atoms with van der Waals surface area (Å²) in [6.45, 7) is 1.69. The quantitative estimate of drug-likeness (QED) is 0.469. The number of carbonyl (C=O) groups excluding carboxylic acids is 2. The van der Waals surface area contributed by atoms with Crippen LogP contribution < -0.4 is 5.32 Å². The summed E-state index contributed by atoms with van der Waals surface area (Å²) < 4.78 is 28.1. The van der Waals surface area contributed by atoms with Gasteiger partial charge in [0.05, 0.1) is 22.5 Å². The van der Waals surface area contributed by atoms with E-state index in [-0.39, 0.29) is 21.7 Å². The zero-order valence-electron chi connectivity index (χ0n) is 14.7. The minimum Gasteiger partial charge on any atom is -0.465 e. The van der Waals surface area contributed by atoms with Gasteiger partial charge in [-0.1, -0.05) is 6.07 Å². The van der Waals surface area contributed by atoms with Crippen LogP contribution in [0.2, 0.25) is 0 Å². The van der Waals surface area contributed by atoms with Crippen LogP contribution in [0.15, 0.2) is 41.3 Å². The molecule has 9 nitrogen and oxygen atoms in total. The fourth-order valence-electron chi connectivity index (χ4n) is 2.23. The Bertz CT molecular complexity index is 1050. The molecule has 27 heavy (non-hydrogen) atoms. The van der Waals surface area contributed by atoms with Crippen molar-refractivity contribution in [2.24, 2.45) is 0 Å². The van der Waals surface area contributed by atoms with Crippen LogP contribution in [0.5, 0.6) is 0 Å². The number of anilines is 1. The molecule has 0 aromatic heterocycles. The van der Waals surface area contributed by atoms with E-state index in [2.05, 4.69) is 10.1 Å². The molecule has 0 fully saturated rings. The van der Waals surface area contributed by atoms with Crippen molar-refractivity contribution in [3.05, 3.63) is 63.2 Å². The maximum atomic E-state index is 12.5. The van der Waals surface area contributed by atoms with Gasteiger partial charge in [-0.15, -0.1) is 0 Å². The maximum Gasteiger partial charge on any atom is 0.337 e. The summed E-state index contributed by atoms with van der Waals surface area (Å²) in [7, 11) is -2.54. The SMILES string of the molecule is COC(=O)c1ccc(C)c(NC(=O)c2cc([N+](=O)[O-])cc(S(C)(=O)=O)c2)c1. The zero-order chi connectivity index (χ0) is 20.4. The van der Waals surface area contributed by atoms with Gasteiger partial charge in [-0.05, 0) is 30.7 Å². The second kappa shape index (κ2) is 7.54. The second-order valence-corrected chi connectivity index (χ2v) is 7.74. The highest BCUT2D eigenvalue weighted by molar-refractivity contribution is 7.90. The molecule has 0 radical (unpaired) electrons. The smallest absolute Gasteiger partial charge is 0.337 e. The third-order valence-electron chi connectivity index (χ3n) is 3.70. The van der Waals surface area contributed by atoms with E-state index in [1.165, 1.54) is 19.2 Å². The lowest BCUT2D eigenvalue weighted by atomic mass is 10.1. The van der Waals surface area contributed by atoms with Gasteiger partial charge in [0.25, 0.3) is 11.6 Å². The molecular formula is C17H16N2O7S. The highest BCUT2D eigenvalue weighted by atomic mass is 32.2. The van der Waals surface area contributed by atoms with Crippen LogP contribution in [0.4, 0.5) is 11.4 Å². The number of amides is 1. The number of methoxy groups -OCH3 is 1. The zero-order valence-corrected chi connectivity index (χ0v) is 15.5. The number of aryl methyl sites for hydroxylation is 1. The molecule has 0 bridgehead atoms. The van der Waals surface area contributed by atoms with Crippen molar-refractivity contribution >= 4 is 33.1 Å². The molecule has 0 saturated carbocycles. The topological polar surface area (TPSA) is 133 Å². The van der Waals surface area contributed by atoms with Crippen molar-refractivity contribution in [2.45, 2.75) is 11.8 Å². The van der Waals surface area contributed by atoms with E-state index in [9.17, 15) is 28.1 Å². The predicted octanol–water partition coefficient (Wildman–Crippen LogP) is 2.35. The maximum absolute atomic E-state index is 12.5. The molecule has 2 aromatic carbocycles. The van der Waals surface area contributed by atoms with Gasteiger partial charge in [0.15, 0.2) is 9.84 Å². The molecule has 0 spiro atoms. The van der Waals surface area contributed by atoms with Crippen LogP contribution in [0.3, 0.4) is 0 Å². The first kappa shape index (κ1) is 20.0. The number of hydrogen-bond donors (Lipinski definition) is 1. The van der Waals surface area contributed by atoms with Crippen LogP contribution in [0.25, 0.3) is 0 Å². The van der Waals surface area contributed by atoms with Crippen LogP contribution in [-0.4, -0.2) is 38.6 Å². The van der Waals surface area contributed by atoms with Crippen molar-refractivity contribution in [2.75, 3.05) is 18.7 Å². The molecule has 0 saturated heterocycles. The largest absolute Gasteiger partial charge is 0.465 e. The average Bonchev–Trinajstić information content (AvgIpc) is 2.61. The van der Waals surface area contributed by atoms with Crippen molar-refractivity contribution in [1.82, 2.24) is 0 Å². The number of esters is 1. The fourth-order valence-corrected chi connectivity index (χ4v) is 2.91. The summed E-state index contributed by atoms with van der Waals surface area (Å²) in [5, 5.41) is 13.6. The van der Waals surface area contributed by atoms with E-state index in [4.69, 9.17) is 0 Å². The number of nitrogens with one attached hydrogen (secondary N) is 1. The van der Waals surface area contributed by atoms with Gasteiger partial charge in [-0.3, -0.25) is 14.9 Å². The standard InChI is InChI=1S/C17H16N2O7S/c1-10-4-5-11(17(21)26-2)8-15(10)18-16(20)12-6-13(19(22)23)9-14(7-12)27(3,24)25/h4-9H,1-3H3,(H,18,20). The van der Waals surface area contributed by atoms with Crippen LogP contribution in [0, 0.1) is 17.0 Å². The van der Waals surface area contributed by atoms with Gasteiger partial charge in [-0.2, -0.15) is 0 Å². The summed E-state index contributed by atoms with van der Waals surface area (Å²) in [6, 6.07) is 7.42. The van der Waals surface area contributed by atoms with Crippen LogP contribution in [0.1, 0.15) is 26.3 Å². The lowest BCUT2D eigenvalue weighted by Gasteiger charge is -2.11. The molecule has 0 unspecified atom stereocenters. The van der Waals surface area contributed by atoms with Crippen molar-refractivity contribution in [3.8, 4) is 0 Å². The number of nitrogens with zero attached hydrogens (tertiary/aromatic N) is 1. The number of carbonyl (C=O) groups is 2. The number of non-ortho nitro benzene ring substituents is 1. The fraction of sp³-hybridized carbons (Fsp3) is 0.176. The minimum atomic E-state index is -3.76. The Morgan fingerprint density at radius 2 is 1.78 bits per heavy atom. The number of ether oxygens (including phenoxy) is 1. The van der Waals surface area contributed by atoms with Crippen molar-refractivity contribution in [3.63, 3.8) is 0 Å². The average molecular weight is 392 g/mol. The molecule has 10 heteroatoms. The summed E-state index contributed by atoms with van der Waals surface area (Å²) >= 11 is 0. The van der Waals surface area contributed by atoms with Crippen LogP contribution in [-0.2, 0) is 14.6 Å². The first-order valence-electron chi connectivity index (χ1n) is 7.53. The van der Waals surface area contributed by atoms with Crippen molar-refractivity contribution in [1.29, 1.82) is 0 Å². The molecule has 142 valence electrons. The van der Waals surface area contributed by atoms with Crippen LogP contribution >= 0.6 is 0 Å². The Morgan fingerprint density at radius 3 is 2.33 bits per heavy atom. The molecule has 1 N–H and O–H groups in total. The molecule has 1 amide bonds. The highest BCUT2D eigenvalue weighted by Crippen LogP contribution is 2.23. The van der Waals surface area contributed by atoms with E-state index >= 15 is 0 Å². The lowest BCUT2D eigenvalue weighted by molar-refractivity contribution is -0.385. The summed E-state index contributed by atoms with van der Waals surface area (Å²) in [6.07, 6.45) is 0.887. The molecule has 2 aromatic rings. The Labute approximate surface area is 155 Å². The molecule has 0 aliphatic rings. The molecule has 0 aliphatic heterocycles. The molecule has 2 rings (SSSR count). The van der Waals surface area contributed by atoms with E-state index in [1.54, 1.807) is 13.0 Å². The lowest BCUT2D eigenvalue weighted by Crippen LogP contribution is -2.15. The Morgan fingerprint density at radius 1 is 1.11 bits per heavy atom. The number of benzene rings is 2. The molecular weight excluding hydrogens is 376 g/mol. The first-order valence-corrected chi connectivity index (χ1v) is 9.42. The van der Waals surface area contributed by atoms with Gasteiger partial charge in [0.1, 0.15) is 0 Å². The Hall–Kier alpha value is -3.27. The normalized spacial score (nSPS) is 10.9. The van der Waals surface area contributed by atoms with Gasteiger partial charge in [0.2, 0.25) is 0 Å². The number of nitro groups is 1. The Balaban J connectivity index is 2.46. The van der Waals surface area contributed by atoms with E-state index in [0.29, 0.717) is 5.56 Å².